The number of fused-ring (bicyclic) bond motifs is 1. The van der Waals surface area contributed by atoms with Crippen molar-refractivity contribution in [3.8, 4) is 11.1 Å². The molecule has 0 aliphatic rings. The van der Waals surface area contributed by atoms with Gasteiger partial charge in [-0.1, -0.05) is 0 Å². The molecule has 0 spiro atoms. The molecule has 1 N–H and O–H groups in total. The summed E-state index contributed by atoms with van der Waals surface area (Å²) in [6.07, 6.45) is 5.50. The maximum Gasteiger partial charge on any atom is 0.154 e. The van der Waals surface area contributed by atoms with Crippen molar-refractivity contribution in [2.45, 2.75) is 13.5 Å². The molecule has 27 heavy (non-hydrogen) atoms. The van der Waals surface area contributed by atoms with E-state index in [-0.39, 0.29) is 0 Å². The van der Waals surface area contributed by atoms with Crippen LogP contribution in [0.2, 0.25) is 0 Å². The summed E-state index contributed by atoms with van der Waals surface area (Å²) in [4.78, 5) is 9.20. The second-order valence-electron chi connectivity index (χ2n) is 6.30. The summed E-state index contributed by atoms with van der Waals surface area (Å²) in [7, 11) is 3.55. The van der Waals surface area contributed by atoms with Crippen LogP contribution in [0.3, 0.4) is 0 Å². The van der Waals surface area contributed by atoms with Gasteiger partial charge >= 0.3 is 0 Å². The van der Waals surface area contributed by atoms with Gasteiger partial charge in [0.25, 0.3) is 0 Å². The highest BCUT2D eigenvalue weighted by molar-refractivity contribution is 5.82. The number of aromatic nitrogens is 6. The number of methoxy groups -OCH3 is 1. The summed E-state index contributed by atoms with van der Waals surface area (Å²) in [6, 6.07) is 7.72. The van der Waals surface area contributed by atoms with E-state index >= 15 is 0 Å². The zero-order valence-electron chi connectivity index (χ0n) is 15.3. The second-order valence-corrected chi connectivity index (χ2v) is 6.30. The predicted octanol–water partition coefficient (Wildman–Crippen LogP) is 3.02. The summed E-state index contributed by atoms with van der Waals surface area (Å²) in [6.45, 7) is 2.41. The minimum atomic E-state index is 0.440. The Labute approximate surface area is 156 Å². The zero-order chi connectivity index (χ0) is 18.8. The van der Waals surface area contributed by atoms with Crippen molar-refractivity contribution < 1.29 is 4.74 Å². The molecule has 0 aliphatic carbocycles. The van der Waals surface area contributed by atoms with Crippen molar-refractivity contribution >= 4 is 22.7 Å². The third kappa shape index (κ3) is 3.61. The maximum absolute atomic E-state index is 5.25. The second kappa shape index (κ2) is 7.08. The van der Waals surface area contributed by atoms with E-state index in [1.165, 1.54) is 0 Å². The lowest BCUT2D eigenvalue weighted by Gasteiger charge is -2.07. The van der Waals surface area contributed by atoms with Crippen LogP contribution in [-0.2, 0) is 18.4 Å². The molecule has 0 atom stereocenters. The van der Waals surface area contributed by atoms with Gasteiger partial charge in [-0.3, -0.25) is 9.67 Å². The number of aryl methyl sites for hydroxylation is 2. The van der Waals surface area contributed by atoms with Crippen LogP contribution in [0.5, 0.6) is 0 Å². The summed E-state index contributed by atoms with van der Waals surface area (Å²) >= 11 is 0. The van der Waals surface area contributed by atoms with Crippen LogP contribution in [0.15, 0.2) is 42.9 Å². The SMILES string of the molecule is COCc1nn(C)cc1-c1cnc2ccc(Nc3cc(C)cnn3)nc2c1. The van der Waals surface area contributed by atoms with Crippen LogP contribution < -0.4 is 5.32 Å². The van der Waals surface area contributed by atoms with Crippen LogP contribution in [0.4, 0.5) is 11.6 Å². The lowest BCUT2D eigenvalue weighted by atomic mass is 10.1. The van der Waals surface area contributed by atoms with Crippen molar-refractivity contribution in [1.82, 2.24) is 29.9 Å². The zero-order valence-corrected chi connectivity index (χ0v) is 15.3. The van der Waals surface area contributed by atoms with Crippen LogP contribution in [0.25, 0.3) is 22.2 Å². The van der Waals surface area contributed by atoms with Crippen LogP contribution in [0, 0.1) is 6.92 Å². The highest BCUT2D eigenvalue weighted by Gasteiger charge is 2.12. The first-order chi connectivity index (χ1) is 13.1. The highest BCUT2D eigenvalue weighted by atomic mass is 16.5. The number of nitrogens with one attached hydrogen (secondary N) is 1. The van der Waals surface area contributed by atoms with Crippen LogP contribution in [0.1, 0.15) is 11.3 Å². The molecule has 4 heterocycles. The number of anilines is 2. The molecular formula is C19H19N7O. The minimum absolute atomic E-state index is 0.440. The quantitative estimate of drug-likeness (QED) is 0.584. The first kappa shape index (κ1) is 17.0. The van der Waals surface area contributed by atoms with Crippen LogP contribution >= 0.6 is 0 Å². The van der Waals surface area contributed by atoms with Gasteiger partial charge in [-0.2, -0.15) is 10.2 Å². The van der Waals surface area contributed by atoms with E-state index in [1.54, 1.807) is 18.0 Å². The number of pyridine rings is 2. The third-order valence-corrected chi connectivity index (χ3v) is 4.08. The molecule has 8 nitrogen and oxygen atoms in total. The molecule has 0 saturated heterocycles. The summed E-state index contributed by atoms with van der Waals surface area (Å²) < 4.78 is 7.02. The lowest BCUT2D eigenvalue weighted by molar-refractivity contribution is 0.181. The van der Waals surface area contributed by atoms with Gasteiger partial charge in [0.05, 0.1) is 29.5 Å². The van der Waals surface area contributed by atoms with E-state index < -0.39 is 0 Å². The maximum atomic E-state index is 5.25. The van der Waals surface area contributed by atoms with Crippen molar-refractivity contribution in [2.75, 3.05) is 12.4 Å². The average molecular weight is 361 g/mol. The summed E-state index contributed by atoms with van der Waals surface area (Å²) in [5, 5.41) is 15.7. The Balaban J connectivity index is 1.71. The molecule has 0 aromatic carbocycles. The Kier molecular flexibility index (Phi) is 4.47. The molecule has 0 aliphatic heterocycles. The van der Waals surface area contributed by atoms with Gasteiger partial charge in [0.15, 0.2) is 5.82 Å². The Morgan fingerprint density at radius 2 is 2.00 bits per heavy atom. The van der Waals surface area contributed by atoms with Gasteiger partial charge in [-0.05, 0) is 36.8 Å². The Bertz CT molecular complexity index is 1110. The van der Waals surface area contributed by atoms with Gasteiger partial charge in [0.2, 0.25) is 0 Å². The number of hydrogen-bond acceptors (Lipinski definition) is 7. The first-order valence-corrected chi connectivity index (χ1v) is 8.47. The fraction of sp³-hybridized carbons (Fsp3) is 0.211. The Morgan fingerprint density at radius 3 is 2.81 bits per heavy atom. The fourth-order valence-electron chi connectivity index (χ4n) is 2.90. The van der Waals surface area contributed by atoms with Gasteiger partial charge in [-0.15, -0.1) is 5.10 Å². The molecule has 0 fully saturated rings. The first-order valence-electron chi connectivity index (χ1n) is 8.47. The molecule has 0 saturated carbocycles. The molecule has 4 rings (SSSR count). The van der Waals surface area contributed by atoms with Gasteiger partial charge < -0.3 is 10.1 Å². The molecular weight excluding hydrogens is 342 g/mol. The van der Waals surface area contributed by atoms with Crippen molar-refractivity contribution in [1.29, 1.82) is 0 Å². The lowest BCUT2D eigenvalue weighted by Crippen LogP contribution is -1.98. The highest BCUT2D eigenvalue weighted by Crippen LogP contribution is 2.26. The molecule has 4 aromatic rings. The molecule has 4 aromatic heterocycles. The molecule has 136 valence electrons. The number of ether oxygens (including phenoxy) is 1. The predicted molar refractivity (Wildman–Crippen MR) is 103 cm³/mol. The van der Waals surface area contributed by atoms with Crippen molar-refractivity contribution in [3.05, 3.63) is 54.1 Å². The number of nitrogens with zero attached hydrogens (tertiary/aromatic N) is 6. The van der Waals surface area contributed by atoms with Crippen LogP contribution in [-0.4, -0.2) is 37.1 Å². The Hall–Kier alpha value is -3.39. The van der Waals surface area contributed by atoms with E-state index in [0.717, 1.165) is 33.4 Å². The molecule has 0 unspecified atom stereocenters. The summed E-state index contributed by atoms with van der Waals surface area (Å²) in [5.74, 6) is 1.34. The standard InChI is InChI=1S/C19H19N7O/c1-12-6-19(24-21-8-12)23-18-5-4-15-16(22-18)7-13(9-20-15)14-10-26(2)25-17(14)11-27-3/h4-10H,11H2,1-3H3,(H,22,23,24). The molecule has 8 heteroatoms. The van der Waals surface area contributed by atoms with Gasteiger partial charge in [0.1, 0.15) is 5.82 Å². The summed E-state index contributed by atoms with van der Waals surface area (Å²) in [5.41, 5.74) is 5.42. The molecule has 0 bridgehead atoms. The van der Waals surface area contributed by atoms with Gasteiger partial charge in [-0.25, -0.2) is 4.98 Å². The molecule has 0 radical (unpaired) electrons. The topological polar surface area (TPSA) is 90.6 Å². The van der Waals surface area contributed by atoms with E-state index in [0.29, 0.717) is 18.2 Å². The van der Waals surface area contributed by atoms with Gasteiger partial charge in [0, 0.05) is 37.7 Å². The number of hydrogen-bond donors (Lipinski definition) is 1. The monoisotopic (exact) mass is 361 g/mol. The third-order valence-electron chi connectivity index (χ3n) is 4.08. The fourth-order valence-corrected chi connectivity index (χ4v) is 2.90. The van der Waals surface area contributed by atoms with Crippen molar-refractivity contribution in [3.63, 3.8) is 0 Å². The van der Waals surface area contributed by atoms with E-state index in [4.69, 9.17) is 4.74 Å². The van der Waals surface area contributed by atoms with Crippen molar-refractivity contribution in [2.24, 2.45) is 7.05 Å². The van der Waals surface area contributed by atoms with E-state index in [9.17, 15) is 0 Å². The van der Waals surface area contributed by atoms with E-state index in [2.05, 4.69) is 30.6 Å². The largest absolute Gasteiger partial charge is 0.378 e. The average Bonchev–Trinajstić information content (AvgIpc) is 3.02. The Morgan fingerprint density at radius 1 is 1.11 bits per heavy atom. The molecule has 0 amide bonds. The smallest absolute Gasteiger partial charge is 0.154 e. The minimum Gasteiger partial charge on any atom is -0.378 e. The normalized spacial score (nSPS) is 11.1. The number of rotatable bonds is 5. The van der Waals surface area contributed by atoms with E-state index in [1.807, 2.05) is 50.6 Å².